The molecule has 1 atom stereocenters. The molecule has 0 fully saturated rings. The number of hydrogen-bond donors (Lipinski definition) is 2. The Balaban J connectivity index is 3.42. The van der Waals surface area contributed by atoms with Crippen LogP contribution >= 0.6 is 0 Å². The fourth-order valence-corrected chi connectivity index (χ4v) is 2.53. The Labute approximate surface area is 127 Å². The predicted octanol–water partition coefficient (Wildman–Crippen LogP) is 1.19. The summed E-state index contributed by atoms with van der Waals surface area (Å²) in [5, 5.41) is 17.3. The van der Waals surface area contributed by atoms with E-state index in [4.69, 9.17) is 10.2 Å². The number of Topliss-reactive ketones (excluding diaryl/α,β-unsaturated/α-hetero) is 1. The second kappa shape index (κ2) is 6.36. The molecule has 0 aliphatic rings. The van der Waals surface area contributed by atoms with Gasteiger partial charge in [0.25, 0.3) is 9.84 Å². The molecule has 0 heterocycles. The van der Waals surface area contributed by atoms with Crippen LogP contribution in [0.4, 0.5) is 13.2 Å². The number of carboxylic acids is 2. The van der Waals surface area contributed by atoms with E-state index in [1.165, 1.54) is 0 Å². The zero-order valence-electron chi connectivity index (χ0n) is 11.1. The number of halogens is 3. The van der Waals surface area contributed by atoms with E-state index < -0.39 is 55.9 Å². The van der Waals surface area contributed by atoms with Crippen molar-refractivity contribution in [3.05, 3.63) is 29.8 Å². The van der Waals surface area contributed by atoms with Crippen LogP contribution in [0.25, 0.3) is 0 Å². The number of carboxylic acid groups (broad SMARTS) is 2. The average Bonchev–Trinajstić information content (AvgIpc) is 2.42. The summed E-state index contributed by atoms with van der Waals surface area (Å²) in [7, 11) is -5.71. The molecule has 0 aliphatic heterocycles. The molecule has 0 saturated carbocycles. The van der Waals surface area contributed by atoms with Crippen molar-refractivity contribution in [1.29, 1.82) is 0 Å². The maximum atomic E-state index is 12.5. The topological polar surface area (TPSA) is 126 Å². The van der Waals surface area contributed by atoms with E-state index in [-0.39, 0.29) is 0 Å². The number of rotatable bonds is 6. The highest BCUT2D eigenvalue weighted by molar-refractivity contribution is 7.92. The molecular weight excluding hydrogens is 345 g/mol. The highest BCUT2D eigenvalue weighted by atomic mass is 32.2. The highest BCUT2D eigenvalue weighted by Gasteiger charge is 2.47. The number of carbonyl (C=O) groups is 3. The van der Waals surface area contributed by atoms with Crippen LogP contribution in [0.3, 0.4) is 0 Å². The van der Waals surface area contributed by atoms with Crippen LogP contribution in [0.1, 0.15) is 17.9 Å². The van der Waals surface area contributed by atoms with Gasteiger partial charge in [-0.2, -0.15) is 13.2 Å². The minimum Gasteiger partial charge on any atom is -0.481 e. The number of aliphatic carboxylic acids is 2. The molecule has 1 aromatic rings. The zero-order chi connectivity index (χ0) is 18.0. The van der Waals surface area contributed by atoms with Gasteiger partial charge in [0.15, 0.2) is 0 Å². The number of alkyl halides is 3. The van der Waals surface area contributed by atoms with Crippen molar-refractivity contribution in [2.75, 3.05) is 0 Å². The van der Waals surface area contributed by atoms with Gasteiger partial charge in [-0.3, -0.25) is 9.59 Å². The van der Waals surface area contributed by atoms with Crippen LogP contribution in [0.15, 0.2) is 29.2 Å². The van der Waals surface area contributed by atoms with Crippen molar-refractivity contribution in [3.63, 3.8) is 0 Å². The van der Waals surface area contributed by atoms with Gasteiger partial charge in [0.1, 0.15) is 0 Å². The molecule has 0 saturated heterocycles. The first-order valence-corrected chi connectivity index (χ1v) is 7.26. The van der Waals surface area contributed by atoms with Crippen molar-refractivity contribution in [1.82, 2.24) is 0 Å². The molecule has 23 heavy (non-hydrogen) atoms. The van der Waals surface area contributed by atoms with E-state index in [1.54, 1.807) is 0 Å². The van der Waals surface area contributed by atoms with Gasteiger partial charge >= 0.3 is 17.4 Å². The number of ketones is 1. The smallest absolute Gasteiger partial charge is 0.481 e. The van der Waals surface area contributed by atoms with Crippen molar-refractivity contribution in [3.8, 4) is 0 Å². The van der Waals surface area contributed by atoms with Crippen LogP contribution in [0.2, 0.25) is 0 Å². The fourth-order valence-electron chi connectivity index (χ4n) is 1.72. The summed E-state index contributed by atoms with van der Waals surface area (Å²) in [6.45, 7) is 0. The lowest BCUT2D eigenvalue weighted by atomic mass is 9.91. The first-order chi connectivity index (χ1) is 10.4. The van der Waals surface area contributed by atoms with E-state index in [9.17, 15) is 36.0 Å². The fraction of sp³-hybridized carbons (Fsp3) is 0.250. The minimum atomic E-state index is -5.71. The first-order valence-electron chi connectivity index (χ1n) is 5.78. The van der Waals surface area contributed by atoms with E-state index in [0.717, 1.165) is 12.1 Å². The normalized spacial score (nSPS) is 13.3. The third-order valence-corrected chi connectivity index (χ3v) is 4.27. The Morgan fingerprint density at radius 2 is 1.70 bits per heavy atom. The molecule has 0 bridgehead atoms. The Kier molecular flexibility index (Phi) is 5.15. The number of hydrogen-bond acceptors (Lipinski definition) is 5. The average molecular weight is 354 g/mol. The molecule has 0 amide bonds. The summed E-state index contributed by atoms with van der Waals surface area (Å²) in [4.78, 5) is 31.7. The van der Waals surface area contributed by atoms with E-state index in [0.29, 0.717) is 12.1 Å². The predicted molar refractivity (Wildman–Crippen MR) is 67.3 cm³/mol. The van der Waals surface area contributed by atoms with Gasteiger partial charge in [-0.1, -0.05) is 12.1 Å². The molecule has 11 heteroatoms. The van der Waals surface area contributed by atoms with Gasteiger partial charge in [-0.05, 0) is 17.7 Å². The van der Waals surface area contributed by atoms with Crippen LogP contribution in [0, 0.1) is 0 Å². The summed E-state index contributed by atoms with van der Waals surface area (Å²) in [5.74, 6) is -6.95. The van der Waals surface area contributed by atoms with E-state index >= 15 is 0 Å². The Hall–Kier alpha value is -2.43. The van der Waals surface area contributed by atoms with Crippen LogP contribution in [0.5, 0.6) is 0 Å². The lowest BCUT2D eigenvalue weighted by molar-refractivity contribution is -0.150. The van der Waals surface area contributed by atoms with E-state index in [1.807, 2.05) is 0 Å². The molecule has 0 aromatic heterocycles. The SMILES string of the molecule is O=C(O)CC(C(=O)C(=O)O)c1cccc(S(=O)(=O)C(F)(F)F)c1. The quantitative estimate of drug-likeness (QED) is 0.735. The Morgan fingerprint density at radius 3 is 2.13 bits per heavy atom. The van der Waals surface area contributed by atoms with Gasteiger partial charge < -0.3 is 10.2 Å². The Morgan fingerprint density at radius 1 is 1.13 bits per heavy atom. The van der Waals surface area contributed by atoms with Crippen LogP contribution in [-0.2, 0) is 24.2 Å². The first kappa shape index (κ1) is 18.6. The van der Waals surface area contributed by atoms with Crippen molar-refractivity contribution in [2.24, 2.45) is 0 Å². The highest BCUT2D eigenvalue weighted by Crippen LogP contribution is 2.32. The molecule has 0 aliphatic carbocycles. The van der Waals surface area contributed by atoms with Crippen molar-refractivity contribution < 1.29 is 46.2 Å². The monoisotopic (exact) mass is 354 g/mol. The third-order valence-electron chi connectivity index (χ3n) is 2.78. The molecule has 1 aromatic carbocycles. The van der Waals surface area contributed by atoms with Gasteiger partial charge in [0, 0.05) is 0 Å². The van der Waals surface area contributed by atoms with Gasteiger partial charge in [-0.15, -0.1) is 0 Å². The van der Waals surface area contributed by atoms with Crippen molar-refractivity contribution in [2.45, 2.75) is 22.7 Å². The van der Waals surface area contributed by atoms with Crippen LogP contribution < -0.4 is 0 Å². The summed E-state index contributed by atoms with van der Waals surface area (Å²) in [6, 6.07) is 2.88. The number of benzene rings is 1. The molecule has 126 valence electrons. The second-order valence-electron chi connectivity index (χ2n) is 4.34. The second-order valence-corrected chi connectivity index (χ2v) is 6.28. The number of carbonyl (C=O) groups excluding carboxylic acids is 1. The minimum absolute atomic E-state index is 0.442. The summed E-state index contributed by atoms with van der Waals surface area (Å²) in [5.41, 5.74) is -6.05. The molecule has 1 rings (SSSR count). The molecule has 1 unspecified atom stereocenters. The lowest BCUT2D eigenvalue weighted by Crippen LogP contribution is -2.25. The molecule has 7 nitrogen and oxygen atoms in total. The Bertz CT molecular complexity index is 752. The molecule has 0 radical (unpaired) electrons. The van der Waals surface area contributed by atoms with Gasteiger partial charge in [0.05, 0.1) is 17.2 Å². The number of sulfone groups is 1. The maximum absolute atomic E-state index is 12.5. The van der Waals surface area contributed by atoms with Crippen LogP contribution in [-0.4, -0.2) is 41.9 Å². The maximum Gasteiger partial charge on any atom is 0.501 e. The largest absolute Gasteiger partial charge is 0.501 e. The summed E-state index contributed by atoms with van der Waals surface area (Å²) < 4.78 is 60.1. The molecule has 0 spiro atoms. The third kappa shape index (κ3) is 4.06. The summed E-state index contributed by atoms with van der Waals surface area (Å²) in [6.07, 6.45) is -1.01. The van der Waals surface area contributed by atoms with Gasteiger partial charge in [0.2, 0.25) is 5.78 Å². The van der Waals surface area contributed by atoms with E-state index in [2.05, 4.69) is 0 Å². The molecular formula is C12H9F3O7S. The lowest BCUT2D eigenvalue weighted by Gasteiger charge is -2.14. The standard InChI is InChI=1S/C12H9F3O7S/c13-12(14,15)23(21,22)7-3-1-2-6(4-7)8(5-9(16)17)10(18)11(19)20/h1-4,8H,5H2,(H,16,17)(H,19,20). The molecule has 2 N–H and O–H groups in total. The van der Waals surface area contributed by atoms with Crippen molar-refractivity contribution >= 4 is 27.6 Å². The van der Waals surface area contributed by atoms with Gasteiger partial charge in [-0.25, -0.2) is 13.2 Å². The zero-order valence-corrected chi connectivity index (χ0v) is 11.9. The summed E-state index contributed by atoms with van der Waals surface area (Å²) >= 11 is 0.